The summed E-state index contributed by atoms with van der Waals surface area (Å²) in [6.45, 7) is 3.79. The van der Waals surface area contributed by atoms with E-state index in [1.807, 2.05) is 6.92 Å². The standard InChI is InChI=1S/C20H26ClN3O3/c1-3-20(14-6-8-15(21)9-7-14)18(26)24(19(27)23-20)12-17(25)22-16-10-4-13(2)5-11-16/h6-9,13,16H,3-5,10-12H2,1-2H3,(H,22,25)(H,23,27). The van der Waals surface area contributed by atoms with E-state index in [-0.39, 0.29) is 18.5 Å². The molecule has 2 fully saturated rings. The lowest BCUT2D eigenvalue weighted by atomic mass is 9.87. The second-order valence-electron chi connectivity index (χ2n) is 7.61. The van der Waals surface area contributed by atoms with E-state index in [0.29, 0.717) is 22.9 Å². The summed E-state index contributed by atoms with van der Waals surface area (Å²) in [5, 5.41) is 6.31. The zero-order chi connectivity index (χ0) is 19.6. The summed E-state index contributed by atoms with van der Waals surface area (Å²) >= 11 is 5.94. The van der Waals surface area contributed by atoms with Gasteiger partial charge in [0.2, 0.25) is 5.91 Å². The molecular formula is C20H26ClN3O3. The van der Waals surface area contributed by atoms with Gasteiger partial charge in [-0.25, -0.2) is 4.79 Å². The number of imide groups is 1. The van der Waals surface area contributed by atoms with Gasteiger partial charge in [-0.3, -0.25) is 14.5 Å². The molecule has 27 heavy (non-hydrogen) atoms. The summed E-state index contributed by atoms with van der Waals surface area (Å²) in [5.41, 5.74) is -0.487. The average molecular weight is 392 g/mol. The summed E-state index contributed by atoms with van der Waals surface area (Å²) in [4.78, 5) is 38.9. The number of rotatable bonds is 5. The normalized spacial score (nSPS) is 28.2. The molecule has 7 heteroatoms. The fourth-order valence-corrected chi connectivity index (χ4v) is 4.09. The summed E-state index contributed by atoms with van der Waals surface area (Å²) in [7, 11) is 0. The van der Waals surface area contributed by atoms with Crippen LogP contribution in [-0.2, 0) is 15.1 Å². The predicted molar refractivity (Wildman–Crippen MR) is 103 cm³/mol. The van der Waals surface area contributed by atoms with Gasteiger partial charge in [-0.05, 0) is 55.7 Å². The topological polar surface area (TPSA) is 78.5 Å². The van der Waals surface area contributed by atoms with Crippen LogP contribution >= 0.6 is 11.6 Å². The molecule has 1 saturated heterocycles. The highest BCUT2D eigenvalue weighted by molar-refractivity contribution is 6.30. The SMILES string of the molecule is CCC1(c2ccc(Cl)cc2)NC(=O)N(CC(=O)NC2CCC(C)CC2)C1=O. The lowest BCUT2D eigenvalue weighted by Crippen LogP contribution is -2.46. The zero-order valence-electron chi connectivity index (χ0n) is 15.8. The Bertz CT molecular complexity index is 728. The first-order valence-corrected chi connectivity index (χ1v) is 9.93. The van der Waals surface area contributed by atoms with Crippen LogP contribution in [0.4, 0.5) is 4.79 Å². The third-order valence-electron chi connectivity index (χ3n) is 5.73. The van der Waals surface area contributed by atoms with E-state index in [1.165, 1.54) is 0 Å². The Hall–Kier alpha value is -2.08. The molecule has 0 aromatic heterocycles. The molecule has 1 atom stereocenters. The first-order chi connectivity index (χ1) is 12.9. The highest BCUT2D eigenvalue weighted by Gasteiger charge is 2.51. The third kappa shape index (κ3) is 3.95. The molecule has 2 N–H and O–H groups in total. The molecule has 6 nitrogen and oxygen atoms in total. The number of amides is 4. The zero-order valence-corrected chi connectivity index (χ0v) is 16.5. The Balaban J connectivity index is 1.69. The Labute approximate surface area is 164 Å². The van der Waals surface area contributed by atoms with Gasteiger partial charge < -0.3 is 10.6 Å². The maximum absolute atomic E-state index is 13.1. The number of hydrogen-bond donors (Lipinski definition) is 2. The van der Waals surface area contributed by atoms with E-state index in [2.05, 4.69) is 17.6 Å². The van der Waals surface area contributed by atoms with E-state index in [9.17, 15) is 14.4 Å². The van der Waals surface area contributed by atoms with E-state index < -0.39 is 17.5 Å². The minimum atomic E-state index is -1.15. The van der Waals surface area contributed by atoms with Gasteiger partial charge in [0.15, 0.2) is 0 Å². The smallest absolute Gasteiger partial charge is 0.325 e. The van der Waals surface area contributed by atoms with Crippen molar-refractivity contribution in [2.45, 2.75) is 57.5 Å². The van der Waals surface area contributed by atoms with Crippen molar-refractivity contribution in [3.05, 3.63) is 34.9 Å². The lowest BCUT2D eigenvalue weighted by Gasteiger charge is -2.28. The van der Waals surface area contributed by atoms with Crippen LogP contribution in [0.2, 0.25) is 5.02 Å². The van der Waals surface area contributed by atoms with Crippen LogP contribution < -0.4 is 10.6 Å². The van der Waals surface area contributed by atoms with Crippen LogP contribution in [0.25, 0.3) is 0 Å². The summed E-state index contributed by atoms with van der Waals surface area (Å²) in [6.07, 6.45) is 4.44. The molecule has 1 heterocycles. The van der Waals surface area contributed by atoms with Crippen LogP contribution in [0.5, 0.6) is 0 Å². The summed E-state index contributed by atoms with van der Waals surface area (Å²) < 4.78 is 0. The van der Waals surface area contributed by atoms with Crippen molar-refractivity contribution < 1.29 is 14.4 Å². The van der Waals surface area contributed by atoms with Crippen molar-refractivity contribution in [1.29, 1.82) is 0 Å². The molecule has 0 bridgehead atoms. The molecule has 0 radical (unpaired) electrons. The van der Waals surface area contributed by atoms with Gasteiger partial charge in [0, 0.05) is 11.1 Å². The molecule has 1 aliphatic heterocycles. The number of urea groups is 1. The van der Waals surface area contributed by atoms with Crippen LogP contribution in [0.1, 0.15) is 51.5 Å². The van der Waals surface area contributed by atoms with E-state index >= 15 is 0 Å². The number of nitrogens with zero attached hydrogens (tertiary/aromatic N) is 1. The molecule has 0 spiro atoms. The Morgan fingerprint density at radius 2 is 1.85 bits per heavy atom. The molecule has 1 unspecified atom stereocenters. The van der Waals surface area contributed by atoms with Gasteiger partial charge in [0.05, 0.1) is 0 Å². The maximum atomic E-state index is 13.1. The Kier molecular flexibility index (Phi) is 5.75. The Morgan fingerprint density at radius 1 is 1.22 bits per heavy atom. The van der Waals surface area contributed by atoms with Crippen molar-refractivity contribution in [2.75, 3.05) is 6.54 Å². The monoisotopic (exact) mass is 391 g/mol. The van der Waals surface area contributed by atoms with E-state index in [1.54, 1.807) is 24.3 Å². The molecule has 1 aromatic rings. The van der Waals surface area contributed by atoms with Gasteiger partial charge in [-0.15, -0.1) is 0 Å². The second kappa shape index (κ2) is 7.89. The highest BCUT2D eigenvalue weighted by Crippen LogP contribution is 2.33. The number of carbonyl (C=O) groups excluding carboxylic acids is 3. The molecule has 1 saturated carbocycles. The summed E-state index contributed by atoms with van der Waals surface area (Å²) in [5.74, 6) is -0.000521. The second-order valence-corrected chi connectivity index (χ2v) is 8.05. The minimum absolute atomic E-state index is 0.127. The molecular weight excluding hydrogens is 366 g/mol. The number of hydrogen-bond acceptors (Lipinski definition) is 3. The van der Waals surface area contributed by atoms with Crippen molar-refractivity contribution in [1.82, 2.24) is 15.5 Å². The van der Waals surface area contributed by atoms with Crippen molar-refractivity contribution >= 4 is 29.4 Å². The number of halogens is 1. The molecule has 2 aliphatic rings. The summed E-state index contributed by atoms with van der Waals surface area (Å²) in [6, 6.07) is 6.43. The fraction of sp³-hybridized carbons (Fsp3) is 0.550. The quantitative estimate of drug-likeness (QED) is 0.756. The van der Waals surface area contributed by atoms with Crippen LogP contribution in [0.3, 0.4) is 0 Å². The van der Waals surface area contributed by atoms with Gasteiger partial charge in [-0.1, -0.05) is 37.6 Å². The molecule has 1 aliphatic carbocycles. The molecule has 4 amide bonds. The van der Waals surface area contributed by atoms with E-state index in [0.717, 1.165) is 30.6 Å². The molecule has 1 aromatic carbocycles. The van der Waals surface area contributed by atoms with Crippen LogP contribution in [0, 0.1) is 5.92 Å². The van der Waals surface area contributed by atoms with Gasteiger partial charge >= 0.3 is 6.03 Å². The minimum Gasteiger partial charge on any atom is -0.352 e. The molecule has 3 rings (SSSR count). The number of nitrogens with one attached hydrogen (secondary N) is 2. The highest BCUT2D eigenvalue weighted by atomic mass is 35.5. The third-order valence-corrected chi connectivity index (χ3v) is 5.98. The van der Waals surface area contributed by atoms with Crippen molar-refractivity contribution in [3.63, 3.8) is 0 Å². The number of carbonyl (C=O) groups is 3. The van der Waals surface area contributed by atoms with E-state index in [4.69, 9.17) is 11.6 Å². The van der Waals surface area contributed by atoms with Gasteiger partial charge in [0.25, 0.3) is 5.91 Å². The number of benzene rings is 1. The van der Waals surface area contributed by atoms with Crippen LogP contribution in [-0.4, -0.2) is 35.3 Å². The fourth-order valence-electron chi connectivity index (χ4n) is 3.96. The lowest BCUT2D eigenvalue weighted by molar-refractivity contribution is -0.135. The first kappa shape index (κ1) is 19.7. The van der Waals surface area contributed by atoms with Gasteiger partial charge in [-0.2, -0.15) is 0 Å². The first-order valence-electron chi connectivity index (χ1n) is 9.55. The molecule has 146 valence electrons. The van der Waals surface area contributed by atoms with Crippen molar-refractivity contribution in [3.8, 4) is 0 Å². The average Bonchev–Trinajstić information content (AvgIpc) is 2.89. The predicted octanol–water partition coefficient (Wildman–Crippen LogP) is 3.19. The maximum Gasteiger partial charge on any atom is 0.325 e. The Morgan fingerprint density at radius 3 is 2.44 bits per heavy atom. The van der Waals surface area contributed by atoms with Crippen LogP contribution in [0.15, 0.2) is 24.3 Å². The van der Waals surface area contributed by atoms with Gasteiger partial charge in [0.1, 0.15) is 12.1 Å². The van der Waals surface area contributed by atoms with Crippen molar-refractivity contribution in [2.24, 2.45) is 5.92 Å². The largest absolute Gasteiger partial charge is 0.352 e.